The minimum atomic E-state index is -0.0606. The second-order valence-corrected chi connectivity index (χ2v) is 5.94. The quantitative estimate of drug-likeness (QED) is 0.921. The number of nitrogens with zero attached hydrogens (tertiary/aromatic N) is 1. The van der Waals surface area contributed by atoms with Crippen LogP contribution in [0.1, 0.15) is 24.5 Å². The van der Waals surface area contributed by atoms with Gasteiger partial charge >= 0.3 is 0 Å². The smallest absolute Gasteiger partial charge is 0.225 e. The van der Waals surface area contributed by atoms with E-state index in [2.05, 4.69) is 5.32 Å². The van der Waals surface area contributed by atoms with Crippen LogP contribution < -0.4 is 10.1 Å². The molecule has 1 aromatic carbocycles. The van der Waals surface area contributed by atoms with Gasteiger partial charge in [-0.05, 0) is 43.6 Å². The molecule has 1 unspecified atom stereocenters. The summed E-state index contributed by atoms with van der Waals surface area (Å²) in [5.74, 6) is 1.28. The Kier molecular flexibility index (Phi) is 4.95. The number of hydrogen-bond donors (Lipinski definition) is 1. The molecule has 1 aromatic rings. The second kappa shape index (κ2) is 7.11. The Hall–Kier alpha value is -1.59. The lowest BCUT2D eigenvalue weighted by molar-refractivity contribution is -0.144. The Labute approximate surface area is 131 Å². The summed E-state index contributed by atoms with van der Waals surface area (Å²) in [5, 5.41) is 3.31. The van der Waals surface area contributed by atoms with E-state index >= 15 is 0 Å². The summed E-state index contributed by atoms with van der Waals surface area (Å²) in [5.41, 5.74) is 1.07. The number of morpholine rings is 1. The van der Waals surface area contributed by atoms with Crippen LogP contribution in [-0.4, -0.2) is 50.7 Å². The topological polar surface area (TPSA) is 50.8 Å². The summed E-state index contributed by atoms with van der Waals surface area (Å²) >= 11 is 0. The maximum Gasteiger partial charge on any atom is 0.225 e. The van der Waals surface area contributed by atoms with E-state index in [9.17, 15) is 4.79 Å². The molecule has 22 heavy (non-hydrogen) atoms. The molecule has 120 valence electrons. The molecule has 0 saturated carbocycles. The predicted octanol–water partition coefficient (Wildman–Crippen LogP) is 1.59. The molecular weight excluding hydrogens is 280 g/mol. The van der Waals surface area contributed by atoms with E-state index in [1.165, 1.54) is 0 Å². The fourth-order valence-electron chi connectivity index (χ4n) is 3.22. The highest BCUT2D eigenvalue weighted by atomic mass is 16.5. The summed E-state index contributed by atoms with van der Waals surface area (Å²) in [6.07, 6.45) is 1.83. The lowest BCUT2D eigenvalue weighted by Gasteiger charge is -2.36. The first kappa shape index (κ1) is 15.3. The van der Waals surface area contributed by atoms with Crippen LogP contribution in [-0.2, 0) is 9.53 Å². The molecule has 1 N–H and O–H groups in total. The normalized spacial score (nSPS) is 23.3. The van der Waals surface area contributed by atoms with E-state index < -0.39 is 0 Å². The van der Waals surface area contributed by atoms with Crippen molar-refractivity contribution in [2.75, 3.05) is 39.9 Å². The summed E-state index contributed by atoms with van der Waals surface area (Å²) in [6, 6.07) is 7.91. The van der Waals surface area contributed by atoms with Gasteiger partial charge in [-0.2, -0.15) is 0 Å². The Bertz CT molecular complexity index is 514. The molecule has 0 spiro atoms. The number of ether oxygens (including phenoxy) is 2. The number of carbonyl (C=O) groups is 1. The minimum absolute atomic E-state index is 0.0606. The van der Waals surface area contributed by atoms with Crippen molar-refractivity contribution < 1.29 is 14.3 Å². The molecule has 2 aliphatic rings. The molecule has 2 saturated heterocycles. The first-order valence-electron chi connectivity index (χ1n) is 8.03. The summed E-state index contributed by atoms with van der Waals surface area (Å²) in [4.78, 5) is 14.6. The Morgan fingerprint density at radius 1 is 1.36 bits per heavy atom. The van der Waals surface area contributed by atoms with E-state index in [0.717, 1.165) is 37.2 Å². The van der Waals surface area contributed by atoms with Crippen molar-refractivity contribution in [2.45, 2.75) is 18.9 Å². The van der Waals surface area contributed by atoms with Crippen molar-refractivity contribution in [3.05, 3.63) is 29.8 Å². The average molecular weight is 304 g/mol. The van der Waals surface area contributed by atoms with E-state index in [4.69, 9.17) is 9.47 Å². The van der Waals surface area contributed by atoms with Crippen LogP contribution in [0.25, 0.3) is 0 Å². The first-order chi connectivity index (χ1) is 10.8. The third-order valence-electron chi connectivity index (χ3n) is 4.53. The molecule has 5 heteroatoms. The van der Waals surface area contributed by atoms with Gasteiger partial charge in [0.15, 0.2) is 0 Å². The van der Waals surface area contributed by atoms with E-state index in [0.29, 0.717) is 19.7 Å². The Balaban J connectivity index is 1.66. The number of carbonyl (C=O) groups excluding carboxylic acids is 1. The summed E-state index contributed by atoms with van der Waals surface area (Å²) in [7, 11) is 1.66. The van der Waals surface area contributed by atoms with Crippen molar-refractivity contribution in [1.29, 1.82) is 0 Å². The minimum Gasteiger partial charge on any atom is -0.497 e. The van der Waals surface area contributed by atoms with Crippen LogP contribution in [0, 0.1) is 5.92 Å². The van der Waals surface area contributed by atoms with Gasteiger partial charge in [0.2, 0.25) is 5.91 Å². The predicted molar refractivity (Wildman–Crippen MR) is 83.9 cm³/mol. The molecule has 1 amide bonds. The van der Waals surface area contributed by atoms with Crippen LogP contribution in [0.5, 0.6) is 5.75 Å². The molecule has 0 aliphatic carbocycles. The molecule has 0 bridgehead atoms. The zero-order chi connectivity index (χ0) is 15.4. The van der Waals surface area contributed by atoms with Gasteiger partial charge in [-0.15, -0.1) is 0 Å². The van der Waals surface area contributed by atoms with Gasteiger partial charge in [0.25, 0.3) is 0 Å². The fourth-order valence-corrected chi connectivity index (χ4v) is 3.22. The zero-order valence-electron chi connectivity index (χ0n) is 13.1. The molecular formula is C17H24N2O3. The van der Waals surface area contributed by atoms with Gasteiger partial charge in [0, 0.05) is 12.5 Å². The van der Waals surface area contributed by atoms with Gasteiger partial charge in [-0.3, -0.25) is 4.79 Å². The zero-order valence-corrected chi connectivity index (χ0v) is 13.1. The summed E-state index contributed by atoms with van der Waals surface area (Å²) < 4.78 is 11.1. The number of methoxy groups -OCH3 is 1. The standard InChI is InChI=1S/C17H24N2O3/c1-21-15-4-2-3-14(11-15)16-12-19(9-10-22-16)17(20)13-5-7-18-8-6-13/h2-4,11,13,16,18H,5-10,12H2,1H3. The molecule has 2 aliphatic heterocycles. The van der Waals surface area contributed by atoms with Crippen molar-refractivity contribution in [3.8, 4) is 5.75 Å². The lowest BCUT2D eigenvalue weighted by atomic mass is 9.96. The molecule has 2 heterocycles. The third-order valence-corrected chi connectivity index (χ3v) is 4.53. The molecule has 0 aromatic heterocycles. The Morgan fingerprint density at radius 3 is 2.95 bits per heavy atom. The highest BCUT2D eigenvalue weighted by Crippen LogP contribution is 2.27. The van der Waals surface area contributed by atoms with Gasteiger partial charge in [0.05, 0.1) is 20.3 Å². The number of hydrogen-bond acceptors (Lipinski definition) is 4. The second-order valence-electron chi connectivity index (χ2n) is 5.94. The number of benzene rings is 1. The van der Waals surface area contributed by atoms with Gasteiger partial charge in [-0.25, -0.2) is 0 Å². The maximum absolute atomic E-state index is 12.7. The van der Waals surface area contributed by atoms with Crippen LogP contribution in [0.3, 0.4) is 0 Å². The van der Waals surface area contributed by atoms with Crippen LogP contribution in [0.4, 0.5) is 0 Å². The van der Waals surface area contributed by atoms with E-state index in [-0.39, 0.29) is 17.9 Å². The largest absolute Gasteiger partial charge is 0.497 e. The third kappa shape index (κ3) is 3.42. The molecule has 3 rings (SSSR count). The van der Waals surface area contributed by atoms with Crippen LogP contribution in [0.15, 0.2) is 24.3 Å². The molecule has 5 nitrogen and oxygen atoms in total. The fraction of sp³-hybridized carbons (Fsp3) is 0.588. The van der Waals surface area contributed by atoms with Crippen molar-refractivity contribution >= 4 is 5.91 Å². The number of nitrogens with one attached hydrogen (secondary N) is 1. The molecule has 1 atom stereocenters. The van der Waals surface area contributed by atoms with Crippen LogP contribution in [0.2, 0.25) is 0 Å². The van der Waals surface area contributed by atoms with Crippen molar-refractivity contribution in [2.24, 2.45) is 5.92 Å². The van der Waals surface area contributed by atoms with E-state index in [1.807, 2.05) is 29.2 Å². The Morgan fingerprint density at radius 2 is 2.18 bits per heavy atom. The molecule has 0 radical (unpaired) electrons. The van der Waals surface area contributed by atoms with Gasteiger partial charge in [0.1, 0.15) is 11.9 Å². The van der Waals surface area contributed by atoms with Gasteiger partial charge in [-0.1, -0.05) is 12.1 Å². The summed E-state index contributed by atoms with van der Waals surface area (Å²) in [6.45, 7) is 3.82. The number of rotatable bonds is 3. The van der Waals surface area contributed by atoms with Crippen molar-refractivity contribution in [3.63, 3.8) is 0 Å². The first-order valence-corrected chi connectivity index (χ1v) is 8.03. The molecule has 2 fully saturated rings. The number of amides is 1. The van der Waals surface area contributed by atoms with Crippen LogP contribution >= 0.6 is 0 Å². The monoisotopic (exact) mass is 304 g/mol. The van der Waals surface area contributed by atoms with Crippen molar-refractivity contribution in [1.82, 2.24) is 10.2 Å². The highest BCUT2D eigenvalue weighted by Gasteiger charge is 2.30. The van der Waals surface area contributed by atoms with E-state index in [1.54, 1.807) is 7.11 Å². The SMILES string of the molecule is COc1cccc(C2CN(C(=O)C3CCNCC3)CCO2)c1. The lowest BCUT2D eigenvalue weighted by Crippen LogP contribution is -2.47. The maximum atomic E-state index is 12.7. The van der Waals surface area contributed by atoms with Gasteiger partial charge < -0.3 is 19.7 Å². The highest BCUT2D eigenvalue weighted by molar-refractivity contribution is 5.79. The number of piperidine rings is 1. The average Bonchev–Trinajstić information content (AvgIpc) is 2.62.